The highest BCUT2D eigenvalue weighted by atomic mass is 16.6. The van der Waals surface area contributed by atoms with E-state index in [9.17, 15) is 4.79 Å². The average Bonchev–Trinajstić information content (AvgIpc) is 2.32. The maximum absolute atomic E-state index is 11.8. The lowest BCUT2D eigenvalue weighted by Crippen LogP contribution is -2.50. The molecule has 0 aromatic carbocycles. The number of ether oxygens (including phenoxy) is 1. The Balaban J connectivity index is 2.30. The number of rotatable bonds is 5. The number of carbonyl (C=O) groups is 1. The van der Waals surface area contributed by atoms with Gasteiger partial charge in [0.15, 0.2) is 0 Å². The Morgan fingerprint density at radius 3 is 2.70 bits per heavy atom. The second-order valence-electron chi connectivity index (χ2n) is 6.76. The first kappa shape index (κ1) is 17.2. The molecule has 0 bridgehead atoms. The Morgan fingerprint density at radius 2 is 2.15 bits per heavy atom. The van der Waals surface area contributed by atoms with Crippen LogP contribution in [0.1, 0.15) is 47.0 Å². The summed E-state index contributed by atoms with van der Waals surface area (Å²) in [5.74, 6) is 0. The lowest BCUT2D eigenvalue weighted by Gasteiger charge is -2.31. The molecule has 20 heavy (non-hydrogen) atoms. The first-order chi connectivity index (χ1) is 9.30. The van der Waals surface area contributed by atoms with Crippen LogP contribution in [-0.2, 0) is 4.74 Å². The highest BCUT2D eigenvalue weighted by Crippen LogP contribution is 2.09. The van der Waals surface area contributed by atoms with E-state index in [2.05, 4.69) is 29.5 Å². The minimum Gasteiger partial charge on any atom is -0.444 e. The predicted molar refractivity (Wildman–Crippen MR) is 82.0 cm³/mol. The molecule has 2 atom stereocenters. The summed E-state index contributed by atoms with van der Waals surface area (Å²) in [6.45, 7) is 10.8. The molecule has 1 amide bonds. The number of likely N-dealkylation sites (tertiary alicyclic amines) is 1. The number of amides is 1. The van der Waals surface area contributed by atoms with E-state index in [0.29, 0.717) is 6.04 Å². The molecular formula is C15H31N3O2. The number of hydrogen-bond donors (Lipinski definition) is 2. The highest BCUT2D eigenvalue weighted by Gasteiger charge is 2.21. The van der Waals surface area contributed by atoms with Crippen molar-refractivity contribution in [2.45, 2.75) is 64.6 Å². The normalized spacial score (nSPS) is 22.4. The van der Waals surface area contributed by atoms with Gasteiger partial charge in [0, 0.05) is 25.2 Å². The standard InChI is InChI=1S/C15H31N3O2/c1-6-12(17-14(19)20-15(2,3)4)10-16-13-8-7-9-18(5)11-13/h12-13,16H,6-11H2,1-5H3,(H,17,19). The van der Waals surface area contributed by atoms with Crippen molar-refractivity contribution in [3.05, 3.63) is 0 Å². The van der Waals surface area contributed by atoms with Crippen LogP contribution in [0.25, 0.3) is 0 Å². The zero-order chi connectivity index (χ0) is 15.2. The average molecular weight is 285 g/mol. The third-order valence-electron chi connectivity index (χ3n) is 3.49. The molecule has 1 aliphatic heterocycles. The minimum atomic E-state index is -0.443. The molecule has 2 N–H and O–H groups in total. The van der Waals surface area contributed by atoms with E-state index in [1.165, 1.54) is 19.4 Å². The summed E-state index contributed by atoms with van der Waals surface area (Å²) in [5, 5.41) is 6.50. The Kier molecular flexibility index (Phi) is 6.76. The van der Waals surface area contributed by atoms with Crippen LogP contribution in [0.4, 0.5) is 4.79 Å². The van der Waals surface area contributed by atoms with Gasteiger partial charge in [0.05, 0.1) is 0 Å². The number of nitrogens with one attached hydrogen (secondary N) is 2. The highest BCUT2D eigenvalue weighted by molar-refractivity contribution is 5.68. The van der Waals surface area contributed by atoms with E-state index >= 15 is 0 Å². The number of alkyl carbamates (subject to hydrolysis) is 1. The Labute approximate surface area is 123 Å². The first-order valence-electron chi connectivity index (χ1n) is 7.71. The summed E-state index contributed by atoms with van der Waals surface area (Å²) >= 11 is 0. The van der Waals surface area contributed by atoms with Gasteiger partial charge in [-0.05, 0) is 53.6 Å². The summed E-state index contributed by atoms with van der Waals surface area (Å²) in [6, 6.07) is 0.653. The van der Waals surface area contributed by atoms with Crippen LogP contribution in [0, 0.1) is 0 Å². The van der Waals surface area contributed by atoms with Crippen LogP contribution in [0.2, 0.25) is 0 Å². The molecule has 0 aromatic heterocycles. The molecule has 2 unspecified atom stereocenters. The van der Waals surface area contributed by atoms with E-state index in [4.69, 9.17) is 4.74 Å². The van der Waals surface area contributed by atoms with Crippen LogP contribution >= 0.6 is 0 Å². The van der Waals surface area contributed by atoms with Crippen LogP contribution in [-0.4, -0.2) is 55.4 Å². The van der Waals surface area contributed by atoms with Crippen molar-refractivity contribution in [2.24, 2.45) is 0 Å². The van der Waals surface area contributed by atoms with Crippen molar-refractivity contribution in [2.75, 3.05) is 26.7 Å². The molecule has 1 heterocycles. The maximum Gasteiger partial charge on any atom is 0.407 e. The molecule has 0 spiro atoms. The fourth-order valence-electron chi connectivity index (χ4n) is 2.41. The lowest BCUT2D eigenvalue weighted by molar-refractivity contribution is 0.0501. The maximum atomic E-state index is 11.8. The van der Waals surface area contributed by atoms with Gasteiger partial charge in [-0.25, -0.2) is 4.79 Å². The molecule has 0 aromatic rings. The van der Waals surface area contributed by atoms with Gasteiger partial charge < -0.3 is 20.3 Å². The van der Waals surface area contributed by atoms with Crippen molar-refractivity contribution in [3.8, 4) is 0 Å². The van der Waals surface area contributed by atoms with Gasteiger partial charge in [0.2, 0.25) is 0 Å². The summed E-state index contributed by atoms with van der Waals surface area (Å²) in [6.07, 6.45) is 3.03. The smallest absolute Gasteiger partial charge is 0.407 e. The monoisotopic (exact) mass is 285 g/mol. The third kappa shape index (κ3) is 7.10. The quantitative estimate of drug-likeness (QED) is 0.811. The molecule has 0 radical (unpaired) electrons. The summed E-state index contributed by atoms with van der Waals surface area (Å²) < 4.78 is 5.29. The third-order valence-corrected chi connectivity index (χ3v) is 3.49. The molecule has 1 rings (SSSR count). The Hall–Kier alpha value is -0.810. The van der Waals surface area contributed by atoms with Gasteiger partial charge in [-0.3, -0.25) is 0 Å². The first-order valence-corrected chi connectivity index (χ1v) is 7.71. The molecule has 1 saturated heterocycles. The molecular weight excluding hydrogens is 254 g/mol. The van der Waals surface area contributed by atoms with Crippen LogP contribution in [0.3, 0.4) is 0 Å². The number of likely N-dealkylation sites (N-methyl/N-ethyl adjacent to an activating group) is 1. The molecule has 0 saturated carbocycles. The van der Waals surface area contributed by atoms with E-state index in [1.807, 2.05) is 20.8 Å². The zero-order valence-electron chi connectivity index (χ0n) is 13.7. The van der Waals surface area contributed by atoms with Crippen molar-refractivity contribution in [1.82, 2.24) is 15.5 Å². The second-order valence-corrected chi connectivity index (χ2v) is 6.76. The summed E-state index contributed by atoms with van der Waals surface area (Å²) in [4.78, 5) is 14.1. The zero-order valence-corrected chi connectivity index (χ0v) is 13.7. The van der Waals surface area contributed by atoms with E-state index < -0.39 is 5.60 Å². The molecule has 1 aliphatic rings. The van der Waals surface area contributed by atoms with E-state index in [1.54, 1.807) is 0 Å². The van der Waals surface area contributed by atoms with Crippen molar-refractivity contribution in [3.63, 3.8) is 0 Å². The fraction of sp³-hybridized carbons (Fsp3) is 0.933. The van der Waals surface area contributed by atoms with E-state index in [-0.39, 0.29) is 12.1 Å². The SMILES string of the molecule is CCC(CNC1CCCN(C)C1)NC(=O)OC(C)(C)C. The van der Waals surface area contributed by atoms with Crippen LogP contribution < -0.4 is 10.6 Å². The minimum absolute atomic E-state index is 0.122. The summed E-state index contributed by atoms with van der Waals surface area (Å²) in [7, 11) is 2.16. The van der Waals surface area contributed by atoms with Gasteiger partial charge in [0.25, 0.3) is 0 Å². The van der Waals surface area contributed by atoms with Gasteiger partial charge >= 0.3 is 6.09 Å². The van der Waals surface area contributed by atoms with Crippen molar-refractivity contribution >= 4 is 6.09 Å². The second kappa shape index (κ2) is 7.84. The van der Waals surface area contributed by atoms with Gasteiger partial charge in [-0.1, -0.05) is 6.92 Å². The van der Waals surface area contributed by atoms with Crippen LogP contribution in [0.5, 0.6) is 0 Å². The van der Waals surface area contributed by atoms with Gasteiger partial charge in [-0.2, -0.15) is 0 Å². The van der Waals surface area contributed by atoms with Gasteiger partial charge in [-0.15, -0.1) is 0 Å². The summed E-state index contributed by atoms with van der Waals surface area (Å²) in [5.41, 5.74) is -0.443. The number of hydrogen-bond acceptors (Lipinski definition) is 4. The number of piperidine rings is 1. The predicted octanol–water partition coefficient (Wildman–Crippen LogP) is 1.97. The number of carbonyl (C=O) groups excluding carboxylic acids is 1. The van der Waals surface area contributed by atoms with E-state index in [0.717, 1.165) is 19.5 Å². The molecule has 1 fully saturated rings. The Morgan fingerprint density at radius 1 is 1.45 bits per heavy atom. The Bertz CT molecular complexity index is 302. The van der Waals surface area contributed by atoms with Crippen LogP contribution in [0.15, 0.2) is 0 Å². The fourth-order valence-corrected chi connectivity index (χ4v) is 2.41. The molecule has 0 aliphatic carbocycles. The molecule has 5 nitrogen and oxygen atoms in total. The van der Waals surface area contributed by atoms with Crippen molar-refractivity contribution in [1.29, 1.82) is 0 Å². The molecule has 118 valence electrons. The largest absolute Gasteiger partial charge is 0.444 e. The molecule has 5 heteroatoms. The van der Waals surface area contributed by atoms with Crippen molar-refractivity contribution < 1.29 is 9.53 Å². The number of nitrogens with zero attached hydrogens (tertiary/aromatic N) is 1. The topological polar surface area (TPSA) is 53.6 Å². The lowest BCUT2D eigenvalue weighted by atomic mass is 10.1. The van der Waals surface area contributed by atoms with Gasteiger partial charge in [0.1, 0.15) is 5.60 Å².